The van der Waals surface area contributed by atoms with Crippen molar-refractivity contribution in [2.75, 3.05) is 13.2 Å². The first kappa shape index (κ1) is 22.8. The van der Waals surface area contributed by atoms with E-state index in [0.29, 0.717) is 5.56 Å². The number of hydrogen-bond donors (Lipinski definition) is 5. The zero-order valence-electron chi connectivity index (χ0n) is 18.4. The summed E-state index contributed by atoms with van der Waals surface area (Å²) in [6.07, 6.45) is -7.87. The molecule has 1 unspecified atom stereocenters. The monoisotopic (exact) mass is 480 g/mol. The van der Waals surface area contributed by atoms with E-state index in [4.69, 9.17) is 23.7 Å². The number of hydrogen-bond acceptors (Lipinski definition) is 11. The van der Waals surface area contributed by atoms with E-state index in [1.165, 1.54) is 0 Å². The Morgan fingerprint density at radius 3 is 2.56 bits per heavy atom. The molecule has 6 bridgehead atoms. The smallest absolute Gasteiger partial charge is 0.338 e. The molecule has 1 aromatic rings. The number of carbonyl (C=O) groups excluding carboxylic acids is 1. The molecule has 4 saturated heterocycles. The van der Waals surface area contributed by atoms with Crippen molar-refractivity contribution in [3.05, 3.63) is 35.9 Å². The van der Waals surface area contributed by atoms with Crippen molar-refractivity contribution in [2.24, 2.45) is 11.3 Å². The molecule has 8 rings (SSSR count). The van der Waals surface area contributed by atoms with Crippen molar-refractivity contribution in [2.45, 2.75) is 73.8 Å². The molecule has 34 heavy (non-hydrogen) atoms. The largest absolute Gasteiger partial charge is 0.461 e. The summed E-state index contributed by atoms with van der Waals surface area (Å²) in [5.74, 6) is -2.49. The minimum Gasteiger partial charge on any atom is -0.461 e. The summed E-state index contributed by atoms with van der Waals surface area (Å²) in [6, 6.07) is 8.47. The highest BCUT2D eigenvalue weighted by Gasteiger charge is 2.94. The lowest BCUT2D eigenvalue weighted by Crippen LogP contribution is -2.80. The van der Waals surface area contributed by atoms with Gasteiger partial charge in [-0.25, -0.2) is 4.79 Å². The molecule has 0 spiro atoms. The molecule has 0 aromatic heterocycles. The number of esters is 1. The first-order valence-electron chi connectivity index (χ1n) is 11.4. The van der Waals surface area contributed by atoms with Gasteiger partial charge in [-0.1, -0.05) is 18.2 Å². The van der Waals surface area contributed by atoms with Gasteiger partial charge in [-0.2, -0.15) is 0 Å². The maximum Gasteiger partial charge on any atom is 0.338 e. The predicted molar refractivity (Wildman–Crippen MR) is 109 cm³/mol. The Labute approximate surface area is 194 Å². The first-order valence-corrected chi connectivity index (χ1v) is 11.4. The number of benzene rings is 1. The molecule has 7 fully saturated rings. The normalized spacial score (nSPS) is 52.5. The highest BCUT2D eigenvalue weighted by Crippen LogP contribution is 2.81. The van der Waals surface area contributed by atoms with Crippen LogP contribution < -0.4 is 0 Å². The molecule has 4 aliphatic heterocycles. The van der Waals surface area contributed by atoms with Crippen LogP contribution >= 0.6 is 0 Å². The van der Waals surface area contributed by atoms with Crippen LogP contribution in [0, 0.1) is 11.3 Å². The molecule has 11 nitrogen and oxygen atoms in total. The molecule has 11 heteroatoms. The van der Waals surface area contributed by atoms with Crippen molar-refractivity contribution in [3.63, 3.8) is 0 Å². The lowest BCUT2D eigenvalue weighted by Gasteiger charge is -2.67. The fourth-order valence-corrected chi connectivity index (χ4v) is 6.87. The fourth-order valence-electron chi connectivity index (χ4n) is 6.87. The van der Waals surface area contributed by atoms with E-state index in [9.17, 15) is 30.3 Å². The first-order chi connectivity index (χ1) is 16.1. The maximum absolute atomic E-state index is 12.7. The summed E-state index contributed by atoms with van der Waals surface area (Å²) in [5.41, 5.74) is -2.99. The molecule has 11 atom stereocenters. The molecular formula is C23H28O11. The van der Waals surface area contributed by atoms with Crippen LogP contribution in [0.2, 0.25) is 0 Å². The van der Waals surface area contributed by atoms with Gasteiger partial charge in [-0.3, -0.25) is 0 Å². The number of aliphatic hydroxyl groups is 5. The van der Waals surface area contributed by atoms with Crippen LogP contribution in [0.1, 0.15) is 30.1 Å². The van der Waals surface area contributed by atoms with Crippen LogP contribution in [-0.4, -0.2) is 98.7 Å². The number of aliphatic hydroxyl groups excluding tert-OH is 4. The third kappa shape index (κ3) is 2.59. The Bertz CT molecular complexity index is 988. The highest BCUT2D eigenvalue weighted by molar-refractivity contribution is 5.89. The third-order valence-electron chi connectivity index (χ3n) is 8.57. The standard InChI is InChI=1S/C23H28O11/c1-20-9-22(29)13-7-23(20,32-18-16(27)15(26)14(25)12(8-24)31-18)21(13,19(33-20)34-22)10-30-17(28)11-5-3-2-4-6-11/h2-6,12-16,18-19,24-27,29H,7-10H2,1H3/t12-,13+,14-,15+,16-,18+,19?,20+,21+,22-,23-/m1/s1. The molecule has 3 saturated carbocycles. The molecule has 0 radical (unpaired) electrons. The van der Waals surface area contributed by atoms with E-state index >= 15 is 0 Å². The van der Waals surface area contributed by atoms with Crippen LogP contribution in [0.15, 0.2) is 30.3 Å². The van der Waals surface area contributed by atoms with Gasteiger partial charge in [0, 0.05) is 12.3 Å². The Balaban J connectivity index is 1.32. The van der Waals surface area contributed by atoms with E-state index in [1.807, 2.05) is 0 Å². The van der Waals surface area contributed by atoms with E-state index in [2.05, 4.69) is 0 Å². The van der Waals surface area contributed by atoms with Crippen molar-refractivity contribution < 1.29 is 54.0 Å². The van der Waals surface area contributed by atoms with Crippen LogP contribution in [-0.2, 0) is 23.7 Å². The van der Waals surface area contributed by atoms with Crippen molar-refractivity contribution in [1.82, 2.24) is 0 Å². The van der Waals surface area contributed by atoms with Crippen molar-refractivity contribution in [3.8, 4) is 0 Å². The molecular weight excluding hydrogens is 452 g/mol. The van der Waals surface area contributed by atoms with Crippen molar-refractivity contribution in [1.29, 1.82) is 0 Å². The summed E-state index contributed by atoms with van der Waals surface area (Å²) in [6.45, 7) is 0.985. The summed E-state index contributed by atoms with van der Waals surface area (Å²) < 4.78 is 29.7. The Morgan fingerprint density at radius 1 is 1.12 bits per heavy atom. The molecule has 1 aromatic carbocycles. The fraction of sp³-hybridized carbons (Fsp3) is 0.696. The highest BCUT2D eigenvalue weighted by atomic mass is 16.8. The zero-order chi connectivity index (χ0) is 24.1. The van der Waals surface area contributed by atoms with Gasteiger partial charge in [-0.05, 0) is 25.5 Å². The van der Waals surface area contributed by atoms with Gasteiger partial charge in [-0.15, -0.1) is 0 Å². The molecule has 186 valence electrons. The van der Waals surface area contributed by atoms with E-state index in [0.717, 1.165) is 0 Å². The van der Waals surface area contributed by atoms with Gasteiger partial charge >= 0.3 is 5.97 Å². The van der Waals surface area contributed by atoms with E-state index in [1.54, 1.807) is 37.3 Å². The van der Waals surface area contributed by atoms with Crippen LogP contribution in [0.5, 0.6) is 0 Å². The second-order valence-corrected chi connectivity index (χ2v) is 10.2. The number of rotatable bonds is 6. The Hall–Kier alpha value is -1.67. The molecule has 0 amide bonds. The Kier molecular flexibility index (Phi) is 4.81. The third-order valence-corrected chi connectivity index (χ3v) is 8.57. The lowest BCUT2D eigenvalue weighted by molar-refractivity contribution is -0.424. The number of ether oxygens (including phenoxy) is 5. The SMILES string of the molecule is C[C@@]12C[C@@]3(O)OC(O1)[C@]1(COC(=O)c4ccccc4)[C@@H]3C[C@@]21O[C@@H]1O[C@H](CO)[C@@H](O)[C@H](O)[C@H]1O. The average Bonchev–Trinajstić information content (AvgIpc) is 3.00. The maximum atomic E-state index is 12.7. The summed E-state index contributed by atoms with van der Waals surface area (Å²) in [4.78, 5) is 12.7. The van der Waals surface area contributed by atoms with Gasteiger partial charge in [0.25, 0.3) is 0 Å². The molecule has 3 aliphatic carbocycles. The van der Waals surface area contributed by atoms with Gasteiger partial charge < -0.3 is 49.2 Å². The topological polar surface area (TPSA) is 164 Å². The Morgan fingerprint density at radius 2 is 1.85 bits per heavy atom. The summed E-state index contributed by atoms with van der Waals surface area (Å²) in [7, 11) is 0. The summed E-state index contributed by atoms with van der Waals surface area (Å²) >= 11 is 0. The summed E-state index contributed by atoms with van der Waals surface area (Å²) in [5, 5.41) is 51.7. The van der Waals surface area contributed by atoms with Gasteiger partial charge in [0.2, 0.25) is 0 Å². The van der Waals surface area contributed by atoms with Gasteiger partial charge in [0.15, 0.2) is 18.4 Å². The van der Waals surface area contributed by atoms with Crippen LogP contribution in [0.3, 0.4) is 0 Å². The van der Waals surface area contributed by atoms with Crippen LogP contribution in [0.4, 0.5) is 0 Å². The van der Waals surface area contributed by atoms with Crippen molar-refractivity contribution >= 4 is 5.97 Å². The predicted octanol–water partition coefficient (Wildman–Crippen LogP) is -1.36. The zero-order valence-corrected chi connectivity index (χ0v) is 18.4. The minimum absolute atomic E-state index is 0.0902. The molecule has 7 aliphatic rings. The van der Waals surface area contributed by atoms with Gasteiger partial charge in [0.1, 0.15) is 42.2 Å². The molecule has 4 heterocycles. The van der Waals surface area contributed by atoms with E-state index in [-0.39, 0.29) is 19.4 Å². The molecule has 5 N–H and O–H groups in total. The van der Waals surface area contributed by atoms with E-state index < -0.39 is 77.9 Å². The minimum atomic E-state index is -1.61. The van der Waals surface area contributed by atoms with Crippen LogP contribution in [0.25, 0.3) is 0 Å². The second kappa shape index (κ2) is 7.19. The quantitative estimate of drug-likeness (QED) is 0.306. The lowest BCUT2D eigenvalue weighted by atomic mass is 9.41. The number of carbonyl (C=O) groups is 1. The average molecular weight is 480 g/mol. The van der Waals surface area contributed by atoms with Gasteiger partial charge in [0.05, 0.1) is 17.6 Å². The second-order valence-electron chi connectivity index (χ2n) is 10.2.